The van der Waals surface area contributed by atoms with Crippen LogP contribution >= 0.6 is 0 Å². The Morgan fingerprint density at radius 2 is 1.14 bits per heavy atom. The number of rotatable bonds is 13. The van der Waals surface area contributed by atoms with Crippen LogP contribution < -0.4 is 0 Å². The number of oxime groups is 2. The highest BCUT2D eigenvalue weighted by molar-refractivity contribution is 6.47. The van der Waals surface area contributed by atoms with Crippen molar-refractivity contribution in [2.75, 3.05) is 0 Å². The predicted octanol–water partition coefficient (Wildman–Crippen LogP) is 9.55. The quantitative estimate of drug-likeness (QED) is 0.0528. The Hall–Kier alpha value is -5.70. The molecule has 0 atom stereocenters. The van der Waals surface area contributed by atoms with E-state index in [2.05, 4.69) is 28.7 Å². The average molecular weight is 684 g/mol. The number of nitrogens with zero attached hydrogens (tertiary/aromatic N) is 3. The standard InChI is InChI=1S/C42H41N3O6/c1-4-35(43-50-41(48)29-15-7-5-8-16-29)39(46)31-20-23-37-33(25-31)34-26-32(21-24-38(34)45(37)27(2)3)40(47)36(22-19-28-13-11-12-14-28)44-51-42(49)30-17-9-6-10-18-30/h5-10,15-18,20-21,23-28H,4,11-14,19,22H2,1-3H3/b43-35+,44-36+. The molecular formula is C42H41N3O6. The molecule has 0 saturated heterocycles. The van der Waals surface area contributed by atoms with Crippen LogP contribution in [-0.4, -0.2) is 39.5 Å². The normalized spacial score (nSPS) is 14.0. The van der Waals surface area contributed by atoms with Gasteiger partial charge in [-0.15, -0.1) is 0 Å². The van der Waals surface area contributed by atoms with Crippen LogP contribution in [0.4, 0.5) is 0 Å². The minimum atomic E-state index is -0.650. The fourth-order valence-corrected chi connectivity index (χ4v) is 6.78. The zero-order valence-corrected chi connectivity index (χ0v) is 29.1. The summed E-state index contributed by atoms with van der Waals surface area (Å²) in [6, 6.07) is 28.1. The van der Waals surface area contributed by atoms with E-state index in [1.165, 1.54) is 12.8 Å². The lowest BCUT2D eigenvalue weighted by Gasteiger charge is -2.12. The van der Waals surface area contributed by atoms with E-state index in [0.717, 1.165) is 41.1 Å². The van der Waals surface area contributed by atoms with E-state index in [4.69, 9.17) is 9.68 Å². The van der Waals surface area contributed by atoms with Gasteiger partial charge in [-0.25, -0.2) is 9.59 Å². The maximum atomic E-state index is 14.1. The van der Waals surface area contributed by atoms with Crippen LogP contribution in [0.1, 0.15) is 113 Å². The van der Waals surface area contributed by atoms with Crippen LogP contribution in [0, 0.1) is 5.92 Å². The van der Waals surface area contributed by atoms with Gasteiger partial charge in [-0.05, 0) is 99.7 Å². The highest BCUT2D eigenvalue weighted by Crippen LogP contribution is 2.34. The van der Waals surface area contributed by atoms with Gasteiger partial charge in [0.1, 0.15) is 11.4 Å². The largest absolute Gasteiger partial charge is 0.365 e. The molecule has 1 aromatic heterocycles. The topological polar surface area (TPSA) is 116 Å². The summed E-state index contributed by atoms with van der Waals surface area (Å²) in [5, 5.41) is 9.67. The van der Waals surface area contributed by atoms with E-state index in [1.807, 2.05) is 24.3 Å². The van der Waals surface area contributed by atoms with E-state index < -0.39 is 11.9 Å². The van der Waals surface area contributed by atoms with E-state index >= 15 is 0 Å². The van der Waals surface area contributed by atoms with Gasteiger partial charge in [-0.3, -0.25) is 9.59 Å². The molecule has 9 nitrogen and oxygen atoms in total. The van der Waals surface area contributed by atoms with Gasteiger partial charge in [0.2, 0.25) is 11.6 Å². The Kier molecular flexibility index (Phi) is 10.9. The minimum Gasteiger partial charge on any atom is -0.338 e. The van der Waals surface area contributed by atoms with Crippen LogP contribution in [0.15, 0.2) is 107 Å². The molecule has 0 spiro atoms. The van der Waals surface area contributed by atoms with Crippen molar-refractivity contribution in [3.05, 3.63) is 119 Å². The molecule has 1 aliphatic rings. The van der Waals surface area contributed by atoms with E-state index in [9.17, 15) is 19.2 Å². The molecule has 9 heteroatoms. The van der Waals surface area contributed by atoms with Crippen molar-refractivity contribution in [1.29, 1.82) is 0 Å². The first-order valence-electron chi connectivity index (χ1n) is 17.6. The highest BCUT2D eigenvalue weighted by atomic mass is 16.7. The fraction of sp³-hybridized carbons (Fsp3) is 0.286. The van der Waals surface area contributed by atoms with Crippen LogP contribution in [-0.2, 0) is 9.68 Å². The maximum absolute atomic E-state index is 14.1. The van der Waals surface area contributed by atoms with Crippen molar-refractivity contribution >= 4 is 56.7 Å². The van der Waals surface area contributed by atoms with Crippen molar-refractivity contribution in [2.45, 2.75) is 71.8 Å². The smallest absolute Gasteiger partial charge is 0.338 e. The van der Waals surface area contributed by atoms with Crippen molar-refractivity contribution < 1.29 is 28.9 Å². The highest BCUT2D eigenvalue weighted by Gasteiger charge is 2.24. The second kappa shape index (κ2) is 15.9. The lowest BCUT2D eigenvalue weighted by Crippen LogP contribution is -2.17. The Morgan fingerprint density at radius 3 is 1.61 bits per heavy atom. The summed E-state index contributed by atoms with van der Waals surface area (Å²) in [5.41, 5.74) is 3.58. The Morgan fingerprint density at radius 1 is 0.667 bits per heavy atom. The second-order valence-electron chi connectivity index (χ2n) is 13.2. The zero-order chi connectivity index (χ0) is 35.9. The number of ketones is 2. The number of aromatic nitrogens is 1. The molecule has 51 heavy (non-hydrogen) atoms. The first kappa shape index (κ1) is 35.1. The molecule has 0 unspecified atom stereocenters. The zero-order valence-electron chi connectivity index (χ0n) is 29.1. The predicted molar refractivity (Wildman–Crippen MR) is 199 cm³/mol. The molecule has 0 amide bonds. The number of Topliss-reactive ketones (excluding diaryl/α,β-unsaturated/α-hetero) is 2. The van der Waals surface area contributed by atoms with Crippen LogP contribution in [0.5, 0.6) is 0 Å². The summed E-state index contributed by atoms with van der Waals surface area (Å²) in [4.78, 5) is 63.5. The molecule has 1 saturated carbocycles. The molecule has 1 aliphatic carbocycles. The maximum Gasteiger partial charge on any atom is 0.365 e. The fourth-order valence-electron chi connectivity index (χ4n) is 6.78. The minimum absolute atomic E-state index is 0.0826. The number of hydrogen-bond acceptors (Lipinski definition) is 8. The van der Waals surface area contributed by atoms with Gasteiger partial charge in [0.25, 0.3) is 0 Å². The SMILES string of the molecule is CC/C(=N\OC(=O)c1ccccc1)C(=O)c1ccc2c(c1)c1cc(C(=O)/C(CCC3CCCC3)=N/OC(=O)c3ccccc3)ccc1n2C(C)C. The summed E-state index contributed by atoms with van der Waals surface area (Å²) in [6.07, 6.45) is 6.03. The third-order valence-corrected chi connectivity index (χ3v) is 9.46. The third kappa shape index (κ3) is 7.88. The molecule has 0 radical (unpaired) electrons. The monoisotopic (exact) mass is 683 g/mol. The van der Waals surface area contributed by atoms with Crippen molar-refractivity contribution in [2.24, 2.45) is 16.2 Å². The summed E-state index contributed by atoms with van der Waals surface area (Å²) in [7, 11) is 0. The van der Waals surface area contributed by atoms with E-state index in [0.29, 0.717) is 34.6 Å². The molecule has 260 valence electrons. The van der Waals surface area contributed by atoms with Gasteiger partial charge in [0.05, 0.1) is 11.1 Å². The Bertz CT molecular complexity index is 2140. The molecule has 0 aliphatic heterocycles. The Balaban J connectivity index is 1.34. The molecule has 4 aromatic carbocycles. The molecule has 1 fully saturated rings. The molecule has 5 aromatic rings. The number of carbonyl (C=O) groups excluding carboxylic acids is 4. The second-order valence-corrected chi connectivity index (χ2v) is 13.2. The molecule has 0 N–H and O–H groups in total. The van der Waals surface area contributed by atoms with Crippen molar-refractivity contribution in [1.82, 2.24) is 4.57 Å². The van der Waals surface area contributed by atoms with Gasteiger partial charge >= 0.3 is 11.9 Å². The molecular weight excluding hydrogens is 642 g/mol. The Labute approximate surface area is 296 Å². The van der Waals surface area contributed by atoms with Crippen molar-refractivity contribution in [3.8, 4) is 0 Å². The summed E-state index contributed by atoms with van der Waals surface area (Å²) >= 11 is 0. The van der Waals surface area contributed by atoms with E-state index in [-0.39, 0.29) is 35.5 Å². The van der Waals surface area contributed by atoms with Gasteiger partial charge in [0.15, 0.2) is 0 Å². The molecule has 1 heterocycles. The summed E-state index contributed by atoms with van der Waals surface area (Å²) in [6.45, 7) is 5.93. The van der Waals surface area contributed by atoms with Gasteiger partial charge in [-0.2, -0.15) is 0 Å². The number of hydrogen-bond donors (Lipinski definition) is 0. The number of fused-ring (bicyclic) bond motifs is 3. The molecule has 0 bridgehead atoms. The first-order valence-corrected chi connectivity index (χ1v) is 17.6. The summed E-state index contributed by atoms with van der Waals surface area (Å²) in [5.74, 6) is -1.44. The third-order valence-electron chi connectivity index (χ3n) is 9.46. The molecule has 6 rings (SSSR count). The average Bonchev–Trinajstić information content (AvgIpc) is 3.81. The van der Waals surface area contributed by atoms with E-state index in [1.54, 1.807) is 79.7 Å². The van der Waals surface area contributed by atoms with Gasteiger partial charge in [-0.1, -0.05) is 79.3 Å². The van der Waals surface area contributed by atoms with Crippen LogP contribution in [0.25, 0.3) is 21.8 Å². The number of benzene rings is 4. The summed E-state index contributed by atoms with van der Waals surface area (Å²) < 4.78 is 2.17. The van der Waals surface area contributed by atoms with Gasteiger partial charge in [0, 0.05) is 39.0 Å². The van der Waals surface area contributed by atoms with Crippen molar-refractivity contribution in [3.63, 3.8) is 0 Å². The van der Waals surface area contributed by atoms with Gasteiger partial charge < -0.3 is 14.2 Å². The van der Waals surface area contributed by atoms with Crippen LogP contribution in [0.2, 0.25) is 0 Å². The first-order chi connectivity index (χ1) is 24.7. The lowest BCUT2D eigenvalue weighted by atomic mass is 9.95. The van der Waals surface area contributed by atoms with Crippen LogP contribution in [0.3, 0.4) is 0 Å². The lowest BCUT2D eigenvalue weighted by molar-refractivity contribution is 0.0505. The number of carbonyl (C=O) groups is 4.